The molecular formula is C21H23NO6. The van der Waals surface area contributed by atoms with Crippen LogP contribution >= 0.6 is 0 Å². The van der Waals surface area contributed by atoms with E-state index >= 15 is 0 Å². The molecule has 0 spiro atoms. The lowest BCUT2D eigenvalue weighted by atomic mass is 10.1. The predicted octanol–water partition coefficient (Wildman–Crippen LogP) is 2.53. The Morgan fingerprint density at radius 1 is 0.857 bits per heavy atom. The number of hydrogen-bond donors (Lipinski definition) is 1. The molecular weight excluding hydrogens is 362 g/mol. The molecule has 0 aromatic heterocycles. The highest BCUT2D eigenvalue weighted by Crippen LogP contribution is 2.38. The Morgan fingerprint density at radius 3 is 2.04 bits per heavy atom. The van der Waals surface area contributed by atoms with Gasteiger partial charge in [0.25, 0.3) is 5.91 Å². The first-order chi connectivity index (χ1) is 13.6. The van der Waals surface area contributed by atoms with Crippen molar-refractivity contribution in [3.63, 3.8) is 0 Å². The summed E-state index contributed by atoms with van der Waals surface area (Å²) in [5.41, 5.74) is 0.376. The molecule has 0 aliphatic heterocycles. The topological polar surface area (TPSA) is 75.3 Å². The normalized spacial score (nSPS) is 9.57. The summed E-state index contributed by atoms with van der Waals surface area (Å²) >= 11 is 0. The highest BCUT2D eigenvalue weighted by molar-refractivity contribution is 5.95. The van der Waals surface area contributed by atoms with Gasteiger partial charge in [-0.2, -0.15) is 0 Å². The first-order valence-corrected chi connectivity index (χ1v) is 8.44. The van der Waals surface area contributed by atoms with Gasteiger partial charge < -0.3 is 29.0 Å². The third-order valence-corrected chi connectivity index (χ3v) is 3.76. The van der Waals surface area contributed by atoms with Crippen LogP contribution < -0.4 is 29.0 Å². The maximum absolute atomic E-state index is 12.3. The Morgan fingerprint density at radius 2 is 1.46 bits per heavy atom. The molecule has 148 valence electrons. The summed E-state index contributed by atoms with van der Waals surface area (Å²) in [7, 11) is 6.06. The molecule has 2 rings (SSSR count). The lowest BCUT2D eigenvalue weighted by Crippen LogP contribution is -2.23. The zero-order valence-corrected chi connectivity index (χ0v) is 16.3. The lowest BCUT2D eigenvalue weighted by molar-refractivity contribution is 0.0958. The minimum atomic E-state index is -0.306. The molecule has 7 nitrogen and oxygen atoms in total. The fraction of sp³-hybridized carbons (Fsp3) is 0.286. The van der Waals surface area contributed by atoms with Gasteiger partial charge in [-0.15, -0.1) is 0 Å². The highest BCUT2D eigenvalue weighted by atomic mass is 16.5. The Bertz CT molecular complexity index is 844. The first kappa shape index (κ1) is 20.8. The van der Waals surface area contributed by atoms with Gasteiger partial charge >= 0.3 is 0 Å². The molecule has 1 N–H and O–H groups in total. The van der Waals surface area contributed by atoms with Crippen molar-refractivity contribution in [3.05, 3.63) is 42.0 Å². The summed E-state index contributed by atoms with van der Waals surface area (Å²) < 4.78 is 26.5. The van der Waals surface area contributed by atoms with E-state index in [1.807, 2.05) is 12.1 Å². The van der Waals surface area contributed by atoms with Crippen molar-refractivity contribution in [2.45, 2.75) is 0 Å². The molecule has 0 heterocycles. The van der Waals surface area contributed by atoms with Crippen LogP contribution in [0.15, 0.2) is 36.4 Å². The van der Waals surface area contributed by atoms with Crippen molar-refractivity contribution < 1.29 is 28.5 Å². The SMILES string of the molecule is COc1ccccc1OCC#CCNC(=O)c1cc(OC)c(OC)c(OC)c1. The van der Waals surface area contributed by atoms with Crippen molar-refractivity contribution in [1.82, 2.24) is 5.32 Å². The van der Waals surface area contributed by atoms with Gasteiger partial charge in [0.15, 0.2) is 23.0 Å². The summed E-state index contributed by atoms with van der Waals surface area (Å²) in [5.74, 6) is 7.86. The number of rotatable bonds is 8. The molecule has 2 aromatic rings. The standard InChI is InChI=1S/C21H23NO6/c1-24-16-9-5-6-10-17(16)28-12-8-7-11-22-21(23)15-13-18(25-2)20(27-4)19(14-15)26-3/h5-6,9-10,13-14H,11-12H2,1-4H3,(H,22,23). The summed E-state index contributed by atoms with van der Waals surface area (Å²) in [6.07, 6.45) is 0. The molecule has 0 saturated carbocycles. The fourth-order valence-corrected chi connectivity index (χ4v) is 2.40. The fourth-order valence-electron chi connectivity index (χ4n) is 2.40. The van der Waals surface area contributed by atoms with Crippen molar-refractivity contribution in [1.29, 1.82) is 0 Å². The second kappa shape index (κ2) is 10.6. The molecule has 0 saturated heterocycles. The van der Waals surface area contributed by atoms with Crippen molar-refractivity contribution >= 4 is 5.91 Å². The average molecular weight is 385 g/mol. The molecule has 0 aliphatic carbocycles. The van der Waals surface area contributed by atoms with E-state index in [1.165, 1.54) is 21.3 Å². The van der Waals surface area contributed by atoms with Crippen LogP contribution in [0.3, 0.4) is 0 Å². The van der Waals surface area contributed by atoms with Gasteiger partial charge in [-0.25, -0.2) is 0 Å². The van der Waals surface area contributed by atoms with E-state index in [-0.39, 0.29) is 19.1 Å². The quantitative estimate of drug-likeness (QED) is 0.704. The van der Waals surface area contributed by atoms with E-state index in [1.54, 1.807) is 31.4 Å². The minimum absolute atomic E-state index is 0.171. The molecule has 28 heavy (non-hydrogen) atoms. The van der Waals surface area contributed by atoms with Gasteiger partial charge in [0.1, 0.15) is 6.61 Å². The van der Waals surface area contributed by atoms with E-state index in [9.17, 15) is 4.79 Å². The zero-order chi connectivity index (χ0) is 20.4. The molecule has 0 bridgehead atoms. The number of amides is 1. The van der Waals surface area contributed by atoms with Crippen LogP contribution in [0.2, 0.25) is 0 Å². The molecule has 0 radical (unpaired) electrons. The number of benzene rings is 2. The number of hydrogen-bond acceptors (Lipinski definition) is 6. The van der Waals surface area contributed by atoms with Gasteiger partial charge in [-0.3, -0.25) is 4.79 Å². The molecule has 0 atom stereocenters. The molecule has 7 heteroatoms. The van der Waals surface area contributed by atoms with Crippen molar-refractivity contribution in [2.75, 3.05) is 41.6 Å². The third-order valence-electron chi connectivity index (χ3n) is 3.76. The maximum Gasteiger partial charge on any atom is 0.252 e. The Balaban J connectivity index is 1.92. The lowest BCUT2D eigenvalue weighted by Gasteiger charge is -2.13. The molecule has 2 aromatic carbocycles. The summed E-state index contributed by atoms with van der Waals surface area (Å²) in [4.78, 5) is 12.3. The van der Waals surface area contributed by atoms with Crippen LogP contribution in [0.5, 0.6) is 28.7 Å². The number of methoxy groups -OCH3 is 4. The van der Waals surface area contributed by atoms with Crippen LogP contribution in [0.4, 0.5) is 0 Å². The predicted molar refractivity (Wildman–Crippen MR) is 105 cm³/mol. The van der Waals surface area contributed by atoms with E-state index in [0.717, 1.165) is 0 Å². The smallest absolute Gasteiger partial charge is 0.252 e. The van der Waals surface area contributed by atoms with E-state index < -0.39 is 0 Å². The highest BCUT2D eigenvalue weighted by Gasteiger charge is 2.16. The number of para-hydroxylation sites is 2. The molecule has 0 unspecified atom stereocenters. The second-order valence-corrected chi connectivity index (χ2v) is 5.39. The summed E-state index contributed by atoms with van der Waals surface area (Å²) in [6, 6.07) is 10.5. The van der Waals surface area contributed by atoms with Gasteiger partial charge in [0, 0.05) is 5.56 Å². The molecule has 0 aliphatic rings. The van der Waals surface area contributed by atoms with Crippen molar-refractivity contribution in [2.24, 2.45) is 0 Å². The third kappa shape index (κ3) is 5.24. The van der Waals surface area contributed by atoms with Gasteiger partial charge in [0.2, 0.25) is 5.75 Å². The Labute approximate surface area is 164 Å². The Kier molecular flexibility index (Phi) is 7.85. The number of carbonyl (C=O) groups is 1. The second-order valence-electron chi connectivity index (χ2n) is 5.39. The molecule has 0 fully saturated rings. The zero-order valence-electron chi connectivity index (χ0n) is 16.3. The monoisotopic (exact) mass is 385 g/mol. The van der Waals surface area contributed by atoms with E-state index in [2.05, 4.69) is 17.2 Å². The maximum atomic E-state index is 12.3. The number of nitrogens with one attached hydrogen (secondary N) is 1. The number of ether oxygens (including phenoxy) is 5. The van der Waals surface area contributed by atoms with Crippen LogP contribution in [-0.2, 0) is 0 Å². The number of carbonyl (C=O) groups excluding carboxylic acids is 1. The van der Waals surface area contributed by atoms with Gasteiger partial charge in [0.05, 0.1) is 35.0 Å². The van der Waals surface area contributed by atoms with Gasteiger partial charge in [-0.1, -0.05) is 24.0 Å². The van der Waals surface area contributed by atoms with Gasteiger partial charge in [-0.05, 0) is 24.3 Å². The average Bonchev–Trinajstić information content (AvgIpc) is 2.74. The van der Waals surface area contributed by atoms with Crippen LogP contribution in [0, 0.1) is 11.8 Å². The van der Waals surface area contributed by atoms with Crippen molar-refractivity contribution in [3.8, 4) is 40.6 Å². The van der Waals surface area contributed by atoms with E-state index in [4.69, 9.17) is 23.7 Å². The molecule has 1 amide bonds. The summed E-state index contributed by atoms with van der Waals surface area (Å²) in [5, 5.41) is 2.72. The van der Waals surface area contributed by atoms with Crippen LogP contribution in [-0.4, -0.2) is 47.5 Å². The summed E-state index contributed by atoms with van der Waals surface area (Å²) in [6.45, 7) is 0.352. The van der Waals surface area contributed by atoms with Crippen LogP contribution in [0.1, 0.15) is 10.4 Å². The first-order valence-electron chi connectivity index (χ1n) is 8.44. The largest absolute Gasteiger partial charge is 0.493 e. The van der Waals surface area contributed by atoms with E-state index in [0.29, 0.717) is 34.3 Å². The minimum Gasteiger partial charge on any atom is -0.493 e. The van der Waals surface area contributed by atoms with Crippen LogP contribution in [0.25, 0.3) is 0 Å². The Hall–Kier alpha value is -3.53.